The fraction of sp³-hybridized carbons (Fsp3) is 0. The van der Waals surface area contributed by atoms with Crippen LogP contribution in [0, 0.1) is 0 Å². The zero-order valence-electron chi connectivity index (χ0n) is 4.40. The van der Waals surface area contributed by atoms with Crippen LogP contribution in [0.3, 0.4) is 0 Å². The van der Waals surface area contributed by atoms with Crippen LogP contribution in [0.25, 0.3) is 0 Å². The van der Waals surface area contributed by atoms with Gasteiger partial charge < -0.3 is 5.11 Å². The maximum Gasteiger partial charge on any atom is 0.257 e. The minimum Gasteiger partial charge on any atom is -0.494 e. The van der Waals surface area contributed by atoms with E-state index in [1.165, 1.54) is 12.2 Å². The van der Waals surface area contributed by atoms with Crippen molar-refractivity contribution < 1.29 is 13.5 Å². The van der Waals surface area contributed by atoms with Crippen molar-refractivity contribution in [1.29, 1.82) is 0 Å². The molecule has 0 radical (unpaired) electrons. The first-order chi connectivity index (χ1) is 4.10. The maximum atomic E-state index is 10.5. The zero-order valence-corrected chi connectivity index (χ0v) is 5.22. The van der Waals surface area contributed by atoms with Crippen LogP contribution >= 0.6 is 0 Å². The Kier molecular flexibility index (Phi) is 1.21. The van der Waals surface area contributed by atoms with Crippen LogP contribution < -0.4 is 4.72 Å². The molecule has 0 bridgehead atoms. The van der Waals surface area contributed by atoms with Gasteiger partial charge in [-0.2, -0.15) is 0 Å². The van der Waals surface area contributed by atoms with Crippen molar-refractivity contribution >= 4 is 10.0 Å². The van der Waals surface area contributed by atoms with Gasteiger partial charge in [-0.3, -0.25) is 4.72 Å². The van der Waals surface area contributed by atoms with Gasteiger partial charge in [0.1, 0.15) is 0 Å². The van der Waals surface area contributed by atoms with Crippen LogP contribution in [0.1, 0.15) is 0 Å². The number of nitrogens with one attached hydrogen (secondary N) is 1. The number of allylic oxidation sites excluding steroid dienone is 2. The topological polar surface area (TPSA) is 66.4 Å². The second-order valence-electron chi connectivity index (χ2n) is 1.53. The van der Waals surface area contributed by atoms with Gasteiger partial charge in [-0.1, -0.05) is 0 Å². The molecule has 0 fully saturated rings. The highest BCUT2D eigenvalue weighted by molar-refractivity contribution is 7.92. The molecule has 0 spiro atoms. The van der Waals surface area contributed by atoms with E-state index in [0.29, 0.717) is 0 Å². The van der Waals surface area contributed by atoms with Crippen molar-refractivity contribution in [1.82, 2.24) is 4.72 Å². The van der Waals surface area contributed by atoms with Gasteiger partial charge in [-0.25, -0.2) is 8.42 Å². The molecular formula is C4H5NO3S. The number of rotatable bonds is 0. The predicted octanol–water partition coefficient (Wildman–Crippen LogP) is -0.167. The molecule has 0 aromatic carbocycles. The minimum absolute atomic E-state index is 0.350. The van der Waals surface area contributed by atoms with Crippen molar-refractivity contribution in [2.24, 2.45) is 0 Å². The van der Waals surface area contributed by atoms with E-state index in [-0.39, 0.29) is 5.88 Å². The smallest absolute Gasteiger partial charge is 0.257 e. The first-order valence-electron chi connectivity index (χ1n) is 2.20. The fourth-order valence-corrected chi connectivity index (χ4v) is 1.16. The van der Waals surface area contributed by atoms with Gasteiger partial charge in [0.05, 0.1) is 5.41 Å². The summed E-state index contributed by atoms with van der Waals surface area (Å²) in [5.41, 5.74) is 0. The lowest BCUT2D eigenvalue weighted by molar-refractivity contribution is 0.388. The minimum atomic E-state index is -3.38. The van der Waals surface area contributed by atoms with Gasteiger partial charge in [0.25, 0.3) is 10.0 Å². The van der Waals surface area contributed by atoms with Crippen molar-refractivity contribution in [3.8, 4) is 0 Å². The number of aliphatic hydroxyl groups is 1. The number of hydrogen-bond donors (Lipinski definition) is 2. The summed E-state index contributed by atoms with van der Waals surface area (Å²) in [5, 5.41) is 9.53. The summed E-state index contributed by atoms with van der Waals surface area (Å²) in [7, 11) is -3.38. The van der Waals surface area contributed by atoms with Crippen LogP contribution in [0.2, 0.25) is 0 Å². The SMILES string of the molecule is O=S1(=O)C=CC=C(O)N1. The highest BCUT2D eigenvalue weighted by Gasteiger charge is 2.08. The van der Waals surface area contributed by atoms with Crippen LogP contribution in [0.15, 0.2) is 23.4 Å². The molecular weight excluding hydrogens is 142 g/mol. The molecule has 2 N–H and O–H groups in total. The average molecular weight is 147 g/mol. The van der Waals surface area contributed by atoms with E-state index in [1.807, 2.05) is 4.72 Å². The molecule has 1 aliphatic rings. The molecule has 0 aromatic heterocycles. The van der Waals surface area contributed by atoms with E-state index >= 15 is 0 Å². The van der Waals surface area contributed by atoms with Crippen molar-refractivity contribution in [3.63, 3.8) is 0 Å². The van der Waals surface area contributed by atoms with E-state index in [2.05, 4.69) is 0 Å². The van der Waals surface area contributed by atoms with Gasteiger partial charge in [0, 0.05) is 0 Å². The summed E-state index contributed by atoms with van der Waals surface area (Å²) >= 11 is 0. The third kappa shape index (κ3) is 1.46. The molecule has 1 rings (SSSR count). The maximum absolute atomic E-state index is 10.5. The van der Waals surface area contributed by atoms with Gasteiger partial charge in [0.15, 0.2) is 5.88 Å². The molecule has 0 aliphatic carbocycles. The predicted molar refractivity (Wildman–Crippen MR) is 31.9 cm³/mol. The largest absolute Gasteiger partial charge is 0.494 e. The molecule has 0 amide bonds. The lowest BCUT2D eigenvalue weighted by atomic mass is 10.6. The number of aliphatic hydroxyl groups excluding tert-OH is 1. The summed E-state index contributed by atoms with van der Waals surface area (Å²) in [6, 6.07) is 0. The third-order valence-corrected chi connectivity index (χ3v) is 1.77. The summed E-state index contributed by atoms with van der Waals surface area (Å²) in [6.07, 6.45) is 2.50. The van der Waals surface area contributed by atoms with E-state index in [0.717, 1.165) is 5.41 Å². The van der Waals surface area contributed by atoms with E-state index in [1.54, 1.807) is 0 Å². The Hall–Kier alpha value is -0.970. The molecule has 0 saturated heterocycles. The average Bonchev–Trinajstić information content (AvgIpc) is 1.60. The molecule has 4 nitrogen and oxygen atoms in total. The number of hydrogen-bond acceptors (Lipinski definition) is 3. The number of sulfonamides is 1. The molecule has 0 atom stereocenters. The second kappa shape index (κ2) is 1.77. The lowest BCUT2D eigenvalue weighted by Crippen LogP contribution is -2.22. The first-order valence-corrected chi connectivity index (χ1v) is 3.75. The molecule has 1 aliphatic heterocycles. The summed E-state index contributed by atoms with van der Waals surface area (Å²) in [5.74, 6) is -0.350. The fourth-order valence-electron chi connectivity index (χ4n) is 0.448. The van der Waals surface area contributed by atoms with Gasteiger partial charge in [-0.05, 0) is 12.2 Å². The van der Waals surface area contributed by atoms with Crippen molar-refractivity contribution in [2.45, 2.75) is 0 Å². The normalized spacial score (nSPS) is 22.4. The summed E-state index contributed by atoms with van der Waals surface area (Å²) in [6.45, 7) is 0. The van der Waals surface area contributed by atoms with Crippen LogP contribution in [0.4, 0.5) is 0 Å². The van der Waals surface area contributed by atoms with Gasteiger partial charge >= 0.3 is 0 Å². The van der Waals surface area contributed by atoms with Crippen molar-refractivity contribution in [3.05, 3.63) is 23.4 Å². The monoisotopic (exact) mass is 147 g/mol. The van der Waals surface area contributed by atoms with Crippen LogP contribution in [-0.4, -0.2) is 13.5 Å². The first kappa shape index (κ1) is 6.15. The standard InChI is InChI=1S/C4H5NO3S/c6-4-2-1-3-9(7,8)5-4/h1-3,5-6H. The van der Waals surface area contributed by atoms with Crippen LogP contribution in [0.5, 0.6) is 0 Å². The molecule has 0 unspecified atom stereocenters. The highest BCUT2D eigenvalue weighted by atomic mass is 32.2. The molecule has 0 saturated carbocycles. The quantitative estimate of drug-likeness (QED) is 0.500. The van der Waals surface area contributed by atoms with Gasteiger partial charge in [0.2, 0.25) is 0 Å². The van der Waals surface area contributed by atoms with Gasteiger partial charge in [-0.15, -0.1) is 0 Å². The Morgan fingerprint density at radius 1 is 1.56 bits per heavy atom. The summed E-state index contributed by atoms with van der Waals surface area (Å²) in [4.78, 5) is 0. The highest BCUT2D eigenvalue weighted by Crippen LogP contribution is 1.98. The van der Waals surface area contributed by atoms with E-state index < -0.39 is 10.0 Å². The Labute approximate surface area is 52.6 Å². The Balaban J connectivity index is 2.99. The molecule has 1 heterocycles. The molecule has 5 heteroatoms. The third-order valence-electron chi connectivity index (χ3n) is 0.759. The molecule has 50 valence electrons. The Morgan fingerprint density at radius 2 is 2.22 bits per heavy atom. The zero-order chi connectivity index (χ0) is 6.91. The van der Waals surface area contributed by atoms with E-state index in [4.69, 9.17) is 5.11 Å². The lowest BCUT2D eigenvalue weighted by Gasteiger charge is -2.04. The molecule has 0 aromatic rings. The van der Waals surface area contributed by atoms with Crippen LogP contribution in [-0.2, 0) is 10.0 Å². The van der Waals surface area contributed by atoms with E-state index in [9.17, 15) is 8.42 Å². The second-order valence-corrected chi connectivity index (χ2v) is 3.09. The van der Waals surface area contributed by atoms with Crippen molar-refractivity contribution in [2.75, 3.05) is 0 Å². The molecule has 9 heavy (non-hydrogen) atoms. The Morgan fingerprint density at radius 3 is 2.56 bits per heavy atom. The summed E-state index contributed by atoms with van der Waals surface area (Å²) < 4.78 is 22.8. The Bertz CT molecular complexity index is 262.